The smallest absolute Gasteiger partial charge is 0.325 e. The van der Waals surface area contributed by atoms with Crippen molar-refractivity contribution in [1.29, 1.82) is 0 Å². The number of nitrogens with zero attached hydrogens (tertiary/aromatic N) is 2. The van der Waals surface area contributed by atoms with Crippen LogP contribution >= 0.6 is 0 Å². The number of imide groups is 1. The Morgan fingerprint density at radius 2 is 2.00 bits per heavy atom. The maximum Gasteiger partial charge on any atom is 0.325 e. The highest BCUT2D eigenvalue weighted by atomic mass is 16.2. The Morgan fingerprint density at radius 3 is 2.68 bits per heavy atom. The number of aliphatic imine (C=N–C) groups is 1. The second-order valence-electron chi connectivity index (χ2n) is 5.50. The van der Waals surface area contributed by atoms with E-state index < -0.39 is 12.2 Å². The van der Waals surface area contributed by atoms with Gasteiger partial charge in [-0.1, -0.05) is 19.8 Å². The van der Waals surface area contributed by atoms with Crippen LogP contribution in [0.5, 0.6) is 0 Å². The fraction of sp³-hybridized carbons (Fsp3) is 0.769. The zero-order chi connectivity index (χ0) is 13.4. The Hall–Kier alpha value is -1.59. The van der Waals surface area contributed by atoms with Gasteiger partial charge in [0.1, 0.15) is 11.9 Å². The van der Waals surface area contributed by atoms with Crippen molar-refractivity contribution in [2.75, 3.05) is 6.54 Å². The molecule has 0 spiro atoms. The van der Waals surface area contributed by atoms with Crippen LogP contribution in [0.15, 0.2) is 4.99 Å². The molecule has 0 aromatic carbocycles. The van der Waals surface area contributed by atoms with E-state index in [1.54, 1.807) is 0 Å². The van der Waals surface area contributed by atoms with Gasteiger partial charge in [-0.05, 0) is 19.3 Å². The Labute approximate surface area is 112 Å². The van der Waals surface area contributed by atoms with E-state index in [9.17, 15) is 9.59 Å². The Kier molecular flexibility index (Phi) is 3.16. The molecule has 1 aliphatic carbocycles. The molecule has 6 heteroatoms. The Balaban J connectivity index is 1.74. The Morgan fingerprint density at radius 1 is 1.26 bits per heavy atom. The molecule has 0 aromatic rings. The topological polar surface area (TPSA) is 73.8 Å². The molecular weight excluding hydrogens is 244 g/mol. The molecule has 3 rings (SSSR count). The molecule has 3 aliphatic rings. The fourth-order valence-electron chi connectivity index (χ4n) is 3.14. The van der Waals surface area contributed by atoms with E-state index in [2.05, 4.69) is 15.6 Å². The van der Waals surface area contributed by atoms with Crippen molar-refractivity contribution in [3.05, 3.63) is 0 Å². The SMILES string of the molecule is CCCN1C(=O)NC2N=C(C3CCCC3)NC2C1=O. The zero-order valence-corrected chi connectivity index (χ0v) is 11.2. The van der Waals surface area contributed by atoms with Crippen LogP contribution in [0.1, 0.15) is 39.0 Å². The Bertz CT molecular complexity index is 428. The van der Waals surface area contributed by atoms with Gasteiger partial charge in [-0.15, -0.1) is 0 Å². The lowest BCUT2D eigenvalue weighted by Crippen LogP contribution is -2.64. The molecule has 0 aromatic heterocycles. The first-order valence-electron chi connectivity index (χ1n) is 7.17. The second kappa shape index (κ2) is 4.83. The molecular formula is C13H20N4O2. The average molecular weight is 264 g/mol. The molecule has 6 nitrogen and oxygen atoms in total. The predicted octanol–water partition coefficient (Wildman–Crippen LogP) is 0.835. The molecule has 19 heavy (non-hydrogen) atoms. The number of amidine groups is 1. The van der Waals surface area contributed by atoms with E-state index in [4.69, 9.17) is 0 Å². The molecule has 2 fully saturated rings. The standard InChI is InChI=1S/C13H20N4O2/c1-2-7-17-12(18)9-11(16-13(17)19)15-10(14-9)8-5-3-4-6-8/h8-9,11H,2-7H2,1H3,(H,14,15)(H,16,19). The highest BCUT2D eigenvalue weighted by Gasteiger charge is 2.45. The molecule has 0 radical (unpaired) electrons. The van der Waals surface area contributed by atoms with Crippen molar-refractivity contribution in [3.63, 3.8) is 0 Å². The zero-order valence-electron chi connectivity index (χ0n) is 11.2. The number of hydrogen-bond donors (Lipinski definition) is 2. The summed E-state index contributed by atoms with van der Waals surface area (Å²) in [5, 5.41) is 6.05. The normalized spacial score (nSPS) is 31.0. The van der Waals surface area contributed by atoms with Crippen LogP contribution in [0.4, 0.5) is 4.79 Å². The lowest BCUT2D eigenvalue weighted by atomic mass is 10.1. The minimum atomic E-state index is -0.413. The van der Waals surface area contributed by atoms with Crippen molar-refractivity contribution in [2.24, 2.45) is 10.9 Å². The van der Waals surface area contributed by atoms with Gasteiger partial charge >= 0.3 is 6.03 Å². The van der Waals surface area contributed by atoms with Crippen molar-refractivity contribution in [1.82, 2.24) is 15.5 Å². The summed E-state index contributed by atoms with van der Waals surface area (Å²) in [5.41, 5.74) is 0. The molecule has 2 N–H and O–H groups in total. The third-order valence-electron chi connectivity index (χ3n) is 4.13. The number of urea groups is 1. The van der Waals surface area contributed by atoms with Gasteiger partial charge in [0.25, 0.3) is 5.91 Å². The summed E-state index contributed by atoms with van der Waals surface area (Å²) in [6.07, 6.45) is 5.07. The van der Waals surface area contributed by atoms with E-state index >= 15 is 0 Å². The third kappa shape index (κ3) is 2.09. The van der Waals surface area contributed by atoms with Gasteiger partial charge in [0.15, 0.2) is 6.17 Å². The van der Waals surface area contributed by atoms with Crippen LogP contribution in [-0.2, 0) is 4.79 Å². The highest BCUT2D eigenvalue weighted by Crippen LogP contribution is 2.28. The summed E-state index contributed by atoms with van der Waals surface area (Å²) in [6, 6.07) is -0.717. The van der Waals surface area contributed by atoms with Crippen molar-refractivity contribution in [3.8, 4) is 0 Å². The molecule has 1 saturated carbocycles. The largest absolute Gasteiger partial charge is 0.359 e. The minimum Gasteiger partial charge on any atom is -0.359 e. The monoisotopic (exact) mass is 264 g/mol. The second-order valence-corrected chi connectivity index (χ2v) is 5.50. The summed E-state index contributed by atoms with van der Waals surface area (Å²) in [7, 11) is 0. The summed E-state index contributed by atoms with van der Waals surface area (Å²) in [5.74, 6) is 1.21. The number of fused-ring (bicyclic) bond motifs is 1. The first-order valence-corrected chi connectivity index (χ1v) is 7.17. The molecule has 104 valence electrons. The third-order valence-corrected chi connectivity index (χ3v) is 4.13. The first-order chi connectivity index (χ1) is 9.20. The maximum atomic E-state index is 12.3. The quantitative estimate of drug-likeness (QED) is 0.793. The molecule has 3 amide bonds. The summed E-state index contributed by atoms with van der Waals surface area (Å²) < 4.78 is 0. The predicted molar refractivity (Wildman–Crippen MR) is 70.6 cm³/mol. The van der Waals surface area contributed by atoms with Gasteiger partial charge in [-0.25, -0.2) is 9.79 Å². The lowest BCUT2D eigenvalue weighted by Gasteiger charge is -2.32. The van der Waals surface area contributed by atoms with Crippen LogP contribution in [-0.4, -0.2) is 41.4 Å². The number of hydrogen-bond acceptors (Lipinski definition) is 4. The molecule has 2 atom stereocenters. The van der Waals surface area contributed by atoms with Crippen molar-refractivity contribution >= 4 is 17.8 Å². The summed E-state index contributed by atoms with van der Waals surface area (Å²) >= 11 is 0. The molecule has 1 saturated heterocycles. The van der Waals surface area contributed by atoms with E-state index in [0.29, 0.717) is 12.5 Å². The van der Waals surface area contributed by atoms with Crippen LogP contribution in [0, 0.1) is 5.92 Å². The van der Waals surface area contributed by atoms with E-state index in [1.807, 2.05) is 6.92 Å². The number of rotatable bonds is 3. The number of carbonyl (C=O) groups excluding carboxylic acids is 2. The highest BCUT2D eigenvalue weighted by molar-refractivity contribution is 6.04. The maximum absolute atomic E-state index is 12.3. The van der Waals surface area contributed by atoms with Crippen LogP contribution < -0.4 is 10.6 Å². The number of carbonyl (C=O) groups is 2. The molecule has 2 heterocycles. The molecule has 2 aliphatic heterocycles. The first kappa shape index (κ1) is 12.4. The van der Waals surface area contributed by atoms with Crippen molar-refractivity contribution in [2.45, 2.75) is 51.2 Å². The van der Waals surface area contributed by atoms with Gasteiger partial charge in [-0.3, -0.25) is 9.69 Å². The van der Waals surface area contributed by atoms with E-state index in [-0.39, 0.29) is 11.9 Å². The average Bonchev–Trinajstić information content (AvgIpc) is 3.02. The van der Waals surface area contributed by atoms with Gasteiger partial charge in [0.05, 0.1) is 0 Å². The molecule has 2 unspecified atom stereocenters. The van der Waals surface area contributed by atoms with Crippen LogP contribution in [0.25, 0.3) is 0 Å². The molecule has 0 bridgehead atoms. The van der Waals surface area contributed by atoms with E-state index in [0.717, 1.165) is 25.1 Å². The van der Waals surface area contributed by atoms with Crippen molar-refractivity contribution < 1.29 is 9.59 Å². The van der Waals surface area contributed by atoms with Crippen LogP contribution in [0.2, 0.25) is 0 Å². The van der Waals surface area contributed by atoms with Gasteiger partial charge < -0.3 is 10.6 Å². The van der Waals surface area contributed by atoms with Gasteiger partial charge in [0, 0.05) is 12.5 Å². The minimum absolute atomic E-state index is 0.146. The number of amides is 3. The van der Waals surface area contributed by atoms with Crippen LogP contribution in [0.3, 0.4) is 0 Å². The fourth-order valence-corrected chi connectivity index (χ4v) is 3.14. The van der Waals surface area contributed by atoms with Gasteiger partial charge in [-0.2, -0.15) is 0 Å². The summed E-state index contributed by atoms with van der Waals surface area (Å²) in [4.78, 5) is 30.0. The van der Waals surface area contributed by atoms with Gasteiger partial charge in [0.2, 0.25) is 0 Å². The number of nitrogens with one attached hydrogen (secondary N) is 2. The summed E-state index contributed by atoms with van der Waals surface area (Å²) in [6.45, 7) is 2.42. The lowest BCUT2D eigenvalue weighted by molar-refractivity contribution is -0.132. The van der Waals surface area contributed by atoms with E-state index in [1.165, 1.54) is 17.7 Å².